The summed E-state index contributed by atoms with van der Waals surface area (Å²) < 4.78 is 14.0. The molecule has 28 heavy (non-hydrogen) atoms. The van der Waals surface area contributed by atoms with E-state index in [9.17, 15) is 4.39 Å². The van der Waals surface area contributed by atoms with E-state index in [1.54, 1.807) is 12.3 Å². The minimum atomic E-state index is -0.178. The molecular weight excluding hydrogens is 355 g/mol. The van der Waals surface area contributed by atoms with Crippen LogP contribution in [0.1, 0.15) is 11.1 Å². The molecule has 1 aliphatic rings. The highest BCUT2D eigenvalue weighted by atomic mass is 19.1. The van der Waals surface area contributed by atoms with Crippen molar-refractivity contribution in [2.75, 3.05) is 41.3 Å². The standard InChI is InChI=1S/C21H23FN6/c1-16-5-4-6-17(13-16)14-23-21-25-20(15-24-26-21)28-11-9-27(10-12-28)19-8-3-2-7-18(19)22/h2-8,13,15H,9-12,14H2,1H3,(H,23,25,26). The third kappa shape index (κ3) is 4.19. The van der Waals surface area contributed by atoms with Crippen LogP contribution in [0.15, 0.2) is 54.7 Å². The van der Waals surface area contributed by atoms with Crippen LogP contribution in [0.2, 0.25) is 0 Å². The second-order valence-corrected chi connectivity index (χ2v) is 6.91. The van der Waals surface area contributed by atoms with E-state index in [0.717, 1.165) is 32.0 Å². The van der Waals surface area contributed by atoms with Crippen molar-refractivity contribution in [1.82, 2.24) is 15.2 Å². The summed E-state index contributed by atoms with van der Waals surface area (Å²) in [5.41, 5.74) is 3.05. The third-order valence-electron chi connectivity index (χ3n) is 4.88. The summed E-state index contributed by atoms with van der Waals surface area (Å²) in [7, 11) is 0. The number of rotatable bonds is 5. The topological polar surface area (TPSA) is 57.2 Å². The Bertz CT molecular complexity index is 939. The van der Waals surface area contributed by atoms with Crippen LogP contribution < -0.4 is 15.1 Å². The molecule has 0 spiro atoms. The van der Waals surface area contributed by atoms with Crippen LogP contribution in [-0.2, 0) is 6.54 Å². The smallest absolute Gasteiger partial charge is 0.244 e. The quantitative estimate of drug-likeness (QED) is 0.736. The van der Waals surface area contributed by atoms with Crippen molar-refractivity contribution in [2.45, 2.75) is 13.5 Å². The molecule has 144 valence electrons. The lowest BCUT2D eigenvalue weighted by Gasteiger charge is -2.36. The van der Waals surface area contributed by atoms with Crippen molar-refractivity contribution in [3.05, 3.63) is 71.7 Å². The fraction of sp³-hybridized carbons (Fsp3) is 0.286. The first kappa shape index (κ1) is 18.2. The van der Waals surface area contributed by atoms with Gasteiger partial charge in [0.2, 0.25) is 5.95 Å². The molecule has 1 saturated heterocycles. The SMILES string of the molecule is Cc1cccc(CNc2nncc(N3CCN(c4ccccc4F)CC3)n2)c1. The summed E-state index contributed by atoms with van der Waals surface area (Å²) >= 11 is 0. The molecule has 6 nitrogen and oxygen atoms in total. The lowest BCUT2D eigenvalue weighted by atomic mass is 10.1. The van der Waals surface area contributed by atoms with Gasteiger partial charge in [-0.2, -0.15) is 10.1 Å². The number of aryl methyl sites for hydroxylation is 1. The van der Waals surface area contributed by atoms with E-state index < -0.39 is 0 Å². The number of hydrogen-bond acceptors (Lipinski definition) is 6. The van der Waals surface area contributed by atoms with E-state index >= 15 is 0 Å². The number of piperazine rings is 1. The Morgan fingerprint density at radius 1 is 1.00 bits per heavy atom. The Balaban J connectivity index is 1.38. The number of halogens is 1. The van der Waals surface area contributed by atoms with Gasteiger partial charge in [-0.3, -0.25) is 0 Å². The van der Waals surface area contributed by atoms with Gasteiger partial charge in [0.15, 0.2) is 5.82 Å². The minimum absolute atomic E-state index is 0.178. The van der Waals surface area contributed by atoms with Crippen LogP contribution in [0.3, 0.4) is 0 Å². The molecule has 0 aliphatic carbocycles. The minimum Gasteiger partial charge on any atom is -0.366 e. The zero-order chi connectivity index (χ0) is 19.3. The number of nitrogens with zero attached hydrogens (tertiary/aromatic N) is 5. The Hall–Kier alpha value is -3.22. The van der Waals surface area contributed by atoms with E-state index in [1.807, 2.05) is 18.2 Å². The second-order valence-electron chi connectivity index (χ2n) is 6.91. The summed E-state index contributed by atoms with van der Waals surface area (Å²) in [6, 6.07) is 15.2. The first-order chi connectivity index (χ1) is 13.7. The van der Waals surface area contributed by atoms with E-state index in [2.05, 4.69) is 55.4 Å². The number of aromatic nitrogens is 3. The van der Waals surface area contributed by atoms with Crippen molar-refractivity contribution >= 4 is 17.5 Å². The van der Waals surface area contributed by atoms with E-state index in [-0.39, 0.29) is 5.82 Å². The molecule has 0 bridgehead atoms. The number of benzene rings is 2. The summed E-state index contributed by atoms with van der Waals surface area (Å²) in [5.74, 6) is 1.12. The molecule has 7 heteroatoms. The molecule has 0 saturated carbocycles. The fourth-order valence-electron chi connectivity index (χ4n) is 3.41. The summed E-state index contributed by atoms with van der Waals surface area (Å²) in [5, 5.41) is 11.4. The van der Waals surface area contributed by atoms with Crippen molar-refractivity contribution in [1.29, 1.82) is 0 Å². The number of hydrogen-bond donors (Lipinski definition) is 1. The molecule has 1 aromatic heterocycles. The summed E-state index contributed by atoms with van der Waals surface area (Å²) in [6.45, 7) is 5.69. The summed E-state index contributed by atoms with van der Waals surface area (Å²) in [6.07, 6.45) is 1.68. The molecule has 2 heterocycles. The van der Waals surface area contributed by atoms with Gasteiger partial charge in [0.1, 0.15) is 5.82 Å². The van der Waals surface area contributed by atoms with Gasteiger partial charge in [-0.15, -0.1) is 5.10 Å². The molecule has 1 N–H and O–H groups in total. The van der Waals surface area contributed by atoms with Crippen LogP contribution >= 0.6 is 0 Å². The molecule has 0 unspecified atom stereocenters. The molecule has 1 aliphatic heterocycles. The number of para-hydroxylation sites is 1. The van der Waals surface area contributed by atoms with Crippen LogP contribution in [0.4, 0.5) is 21.8 Å². The van der Waals surface area contributed by atoms with Gasteiger partial charge < -0.3 is 15.1 Å². The van der Waals surface area contributed by atoms with E-state index in [1.165, 1.54) is 17.2 Å². The van der Waals surface area contributed by atoms with Gasteiger partial charge in [-0.1, -0.05) is 42.0 Å². The predicted octanol–water partition coefficient (Wildman–Crippen LogP) is 3.26. The number of nitrogens with one attached hydrogen (secondary N) is 1. The maximum Gasteiger partial charge on any atom is 0.244 e. The lowest BCUT2D eigenvalue weighted by molar-refractivity contribution is 0.595. The highest BCUT2D eigenvalue weighted by molar-refractivity contribution is 5.50. The Labute approximate surface area is 164 Å². The van der Waals surface area contributed by atoms with Crippen molar-refractivity contribution in [2.24, 2.45) is 0 Å². The second kappa shape index (κ2) is 8.21. The normalized spacial score (nSPS) is 14.2. The molecule has 2 aromatic carbocycles. The van der Waals surface area contributed by atoms with Crippen LogP contribution in [0, 0.1) is 12.7 Å². The van der Waals surface area contributed by atoms with Crippen molar-refractivity contribution in [3.63, 3.8) is 0 Å². The first-order valence-corrected chi connectivity index (χ1v) is 9.42. The van der Waals surface area contributed by atoms with Gasteiger partial charge in [0, 0.05) is 32.7 Å². The Morgan fingerprint density at radius 3 is 2.57 bits per heavy atom. The molecular formula is C21H23FN6. The van der Waals surface area contributed by atoms with E-state index in [0.29, 0.717) is 18.2 Å². The van der Waals surface area contributed by atoms with Crippen molar-refractivity contribution in [3.8, 4) is 0 Å². The van der Waals surface area contributed by atoms with Gasteiger partial charge in [-0.05, 0) is 24.6 Å². The van der Waals surface area contributed by atoms with Gasteiger partial charge in [0.05, 0.1) is 11.9 Å². The largest absolute Gasteiger partial charge is 0.366 e. The summed E-state index contributed by atoms with van der Waals surface area (Å²) in [4.78, 5) is 8.82. The Kier molecular flexibility index (Phi) is 5.32. The van der Waals surface area contributed by atoms with E-state index in [4.69, 9.17) is 0 Å². The average Bonchev–Trinajstić information content (AvgIpc) is 2.73. The molecule has 1 fully saturated rings. The fourth-order valence-corrected chi connectivity index (χ4v) is 3.41. The van der Waals surface area contributed by atoms with Crippen LogP contribution in [0.25, 0.3) is 0 Å². The highest BCUT2D eigenvalue weighted by Crippen LogP contribution is 2.22. The monoisotopic (exact) mass is 378 g/mol. The molecule has 4 rings (SSSR count). The van der Waals surface area contributed by atoms with Gasteiger partial charge >= 0.3 is 0 Å². The maximum absolute atomic E-state index is 14.0. The van der Waals surface area contributed by atoms with Crippen molar-refractivity contribution < 1.29 is 4.39 Å². The van der Waals surface area contributed by atoms with Gasteiger partial charge in [0.25, 0.3) is 0 Å². The van der Waals surface area contributed by atoms with Crippen LogP contribution in [-0.4, -0.2) is 41.4 Å². The molecule has 0 radical (unpaired) electrons. The molecule has 0 amide bonds. The first-order valence-electron chi connectivity index (χ1n) is 9.42. The Morgan fingerprint density at radius 2 is 1.79 bits per heavy atom. The lowest BCUT2D eigenvalue weighted by Crippen LogP contribution is -2.47. The third-order valence-corrected chi connectivity index (χ3v) is 4.88. The zero-order valence-corrected chi connectivity index (χ0v) is 15.8. The predicted molar refractivity (Wildman–Crippen MR) is 109 cm³/mol. The molecule has 0 atom stereocenters. The van der Waals surface area contributed by atoms with Crippen LogP contribution in [0.5, 0.6) is 0 Å². The average molecular weight is 378 g/mol. The number of anilines is 3. The van der Waals surface area contributed by atoms with Gasteiger partial charge in [-0.25, -0.2) is 4.39 Å². The maximum atomic E-state index is 14.0. The molecule has 3 aromatic rings. The highest BCUT2D eigenvalue weighted by Gasteiger charge is 2.20. The zero-order valence-electron chi connectivity index (χ0n) is 15.8.